The van der Waals surface area contributed by atoms with Crippen molar-refractivity contribution in [1.82, 2.24) is 19.9 Å². The highest BCUT2D eigenvalue weighted by Gasteiger charge is 2.24. The van der Waals surface area contributed by atoms with Crippen molar-refractivity contribution in [2.24, 2.45) is 0 Å². The number of aryl methyl sites for hydroxylation is 1. The van der Waals surface area contributed by atoms with Crippen LogP contribution in [0.2, 0.25) is 0 Å². The van der Waals surface area contributed by atoms with Gasteiger partial charge in [-0.25, -0.2) is 14.8 Å². The molecule has 35 heavy (non-hydrogen) atoms. The smallest absolute Gasteiger partial charge is 0.321 e. The number of piperazine rings is 1. The third-order valence-electron chi connectivity index (χ3n) is 5.99. The van der Waals surface area contributed by atoms with Crippen molar-refractivity contribution >= 4 is 34.5 Å². The predicted octanol–water partition coefficient (Wildman–Crippen LogP) is 3.81. The molecular formula is C26H24N8O. The summed E-state index contributed by atoms with van der Waals surface area (Å²) in [4.78, 5) is 30.3. The molecule has 2 aromatic carbocycles. The van der Waals surface area contributed by atoms with Gasteiger partial charge in [0.2, 0.25) is 5.95 Å². The third-order valence-corrected chi connectivity index (χ3v) is 5.99. The summed E-state index contributed by atoms with van der Waals surface area (Å²) in [7, 11) is 0. The van der Waals surface area contributed by atoms with Gasteiger partial charge in [0.25, 0.3) is 0 Å². The van der Waals surface area contributed by atoms with Crippen LogP contribution in [0.25, 0.3) is 22.3 Å². The number of hydrogen-bond donors (Lipinski definition) is 2. The van der Waals surface area contributed by atoms with Crippen LogP contribution >= 0.6 is 0 Å². The number of carbonyl (C=O) groups excluding carboxylic acids is 1. The van der Waals surface area contributed by atoms with Crippen LogP contribution in [0.5, 0.6) is 0 Å². The van der Waals surface area contributed by atoms with Gasteiger partial charge >= 0.3 is 6.03 Å². The number of hydrogen-bond acceptors (Lipinski definition) is 7. The number of anilines is 3. The Balaban J connectivity index is 1.36. The minimum Gasteiger partial charge on any atom is -0.368 e. The Bertz CT molecular complexity index is 1440. The molecule has 0 radical (unpaired) electrons. The van der Waals surface area contributed by atoms with Crippen molar-refractivity contribution in [2.45, 2.75) is 6.92 Å². The second-order valence-electron chi connectivity index (χ2n) is 8.43. The van der Waals surface area contributed by atoms with Crippen LogP contribution in [0, 0.1) is 18.3 Å². The van der Waals surface area contributed by atoms with Crippen molar-refractivity contribution in [3.8, 4) is 17.3 Å². The summed E-state index contributed by atoms with van der Waals surface area (Å²) in [5, 5.41) is 12.0. The van der Waals surface area contributed by atoms with Gasteiger partial charge in [0.1, 0.15) is 5.52 Å². The van der Waals surface area contributed by atoms with E-state index in [1.54, 1.807) is 17.0 Å². The monoisotopic (exact) mass is 464 g/mol. The van der Waals surface area contributed by atoms with Gasteiger partial charge in [-0.15, -0.1) is 0 Å². The molecule has 0 spiro atoms. The molecule has 5 rings (SSSR count). The number of nitriles is 1. The van der Waals surface area contributed by atoms with E-state index in [1.165, 1.54) is 0 Å². The van der Waals surface area contributed by atoms with Gasteiger partial charge in [-0.05, 0) is 48.9 Å². The van der Waals surface area contributed by atoms with Crippen LogP contribution in [-0.2, 0) is 0 Å². The Labute approximate surface area is 202 Å². The molecule has 0 unspecified atom stereocenters. The number of nitrogens with two attached hydrogens (primary N) is 1. The summed E-state index contributed by atoms with van der Waals surface area (Å²) in [5.41, 5.74) is 11.4. The van der Waals surface area contributed by atoms with Crippen LogP contribution in [0.1, 0.15) is 11.1 Å². The van der Waals surface area contributed by atoms with E-state index in [-0.39, 0.29) is 12.0 Å². The Morgan fingerprint density at radius 2 is 1.77 bits per heavy atom. The van der Waals surface area contributed by atoms with Gasteiger partial charge in [-0.2, -0.15) is 10.2 Å². The first kappa shape index (κ1) is 22.1. The number of nitrogens with zero attached hydrogens (tertiary/aromatic N) is 6. The summed E-state index contributed by atoms with van der Waals surface area (Å²) in [6, 6.07) is 20.8. The van der Waals surface area contributed by atoms with Crippen molar-refractivity contribution in [2.75, 3.05) is 42.1 Å². The zero-order chi connectivity index (χ0) is 24.4. The number of nitrogen functional groups attached to an aromatic ring is 1. The molecule has 1 saturated heterocycles. The molecule has 0 aliphatic carbocycles. The lowest BCUT2D eigenvalue weighted by Gasteiger charge is -2.35. The van der Waals surface area contributed by atoms with E-state index in [0.717, 1.165) is 22.5 Å². The zero-order valence-corrected chi connectivity index (χ0v) is 19.3. The van der Waals surface area contributed by atoms with Crippen molar-refractivity contribution in [1.29, 1.82) is 5.26 Å². The van der Waals surface area contributed by atoms with Crippen molar-refractivity contribution < 1.29 is 4.79 Å². The number of carbonyl (C=O) groups is 1. The molecule has 9 nitrogen and oxygen atoms in total. The van der Waals surface area contributed by atoms with Gasteiger partial charge < -0.3 is 20.9 Å². The minimum atomic E-state index is -0.122. The van der Waals surface area contributed by atoms with E-state index < -0.39 is 0 Å². The normalized spacial score (nSPS) is 13.5. The van der Waals surface area contributed by atoms with Gasteiger partial charge in [0, 0.05) is 37.4 Å². The van der Waals surface area contributed by atoms with Crippen LogP contribution in [-0.4, -0.2) is 52.1 Å². The molecule has 9 heteroatoms. The molecule has 1 fully saturated rings. The molecule has 1 aliphatic heterocycles. The fraction of sp³-hybridized carbons (Fsp3) is 0.192. The largest absolute Gasteiger partial charge is 0.368 e. The number of fused-ring (bicyclic) bond motifs is 1. The number of amides is 2. The van der Waals surface area contributed by atoms with Gasteiger partial charge in [-0.3, -0.25) is 0 Å². The molecule has 174 valence electrons. The third kappa shape index (κ3) is 4.68. The minimum absolute atomic E-state index is 0.122. The fourth-order valence-corrected chi connectivity index (χ4v) is 4.16. The first-order valence-electron chi connectivity index (χ1n) is 11.3. The molecule has 3 heterocycles. The van der Waals surface area contributed by atoms with E-state index in [9.17, 15) is 4.79 Å². The number of nitrogens with one attached hydrogen (secondary N) is 1. The summed E-state index contributed by atoms with van der Waals surface area (Å²) >= 11 is 0. The molecule has 3 N–H and O–H groups in total. The fourth-order valence-electron chi connectivity index (χ4n) is 4.16. The Kier molecular flexibility index (Phi) is 5.85. The number of aromatic nitrogens is 3. The average Bonchev–Trinajstić information content (AvgIpc) is 2.88. The predicted molar refractivity (Wildman–Crippen MR) is 136 cm³/mol. The lowest BCUT2D eigenvalue weighted by molar-refractivity contribution is 0.208. The summed E-state index contributed by atoms with van der Waals surface area (Å²) in [6.45, 7) is 4.26. The maximum absolute atomic E-state index is 12.8. The first-order valence-corrected chi connectivity index (χ1v) is 11.3. The van der Waals surface area contributed by atoms with Crippen molar-refractivity contribution in [3.63, 3.8) is 0 Å². The lowest BCUT2D eigenvalue weighted by atomic mass is 10.1. The zero-order valence-electron chi connectivity index (χ0n) is 19.3. The molecule has 0 atom stereocenters. The number of urea groups is 1. The molecule has 2 amide bonds. The number of benzene rings is 2. The molecular weight excluding hydrogens is 440 g/mol. The van der Waals surface area contributed by atoms with E-state index in [4.69, 9.17) is 16.0 Å². The molecule has 0 saturated carbocycles. The van der Waals surface area contributed by atoms with Crippen molar-refractivity contribution in [3.05, 3.63) is 71.8 Å². The highest BCUT2D eigenvalue weighted by atomic mass is 16.2. The number of pyridine rings is 1. The van der Waals surface area contributed by atoms with Gasteiger partial charge in [-0.1, -0.05) is 24.3 Å². The lowest BCUT2D eigenvalue weighted by Crippen LogP contribution is -2.50. The van der Waals surface area contributed by atoms with Gasteiger partial charge in [0.15, 0.2) is 5.82 Å². The van der Waals surface area contributed by atoms with Crippen LogP contribution in [0.3, 0.4) is 0 Å². The second kappa shape index (κ2) is 9.27. The summed E-state index contributed by atoms with van der Waals surface area (Å²) in [6.07, 6.45) is 0. The van der Waals surface area contributed by atoms with E-state index in [0.29, 0.717) is 48.6 Å². The van der Waals surface area contributed by atoms with E-state index >= 15 is 0 Å². The Morgan fingerprint density at radius 1 is 1.00 bits per heavy atom. The standard InChI is InChI=1S/C26H24N8O/c1-17-3-2-4-20(15-17)29-26(35)34-13-11-33(12-14-34)24-23-22(31-25(28)32-24)10-9-21(30-23)19-7-5-18(16-27)6-8-19/h2-10,15H,11-14H2,1H3,(H,29,35)(H2,28,31,32). The molecule has 4 aromatic rings. The number of rotatable bonds is 3. The van der Waals surface area contributed by atoms with Crippen LogP contribution < -0.4 is 16.0 Å². The van der Waals surface area contributed by atoms with E-state index in [2.05, 4.69) is 26.3 Å². The summed E-state index contributed by atoms with van der Waals surface area (Å²) in [5.74, 6) is 0.835. The topological polar surface area (TPSA) is 124 Å². The maximum Gasteiger partial charge on any atom is 0.321 e. The SMILES string of the molecule is Cc1cccc(NC(=O)N2CCN(c3nc(N)nc4ccc(-c5ccc(C#N)cc5)nc34)CC2)c1. The highest BCUT2D eigenvalue weighted by Crippen LogP contribution is 2.28. The van der Waals surface area contributed by atoms with Crippen LogP contribution in [0.4, 0.5) is 22.2 Å². The maximum atomic E-state index is 12.8. The first-order chi connectivity index (χ1) is 17.0. The molecule has 1 aliphatic rings. The summed E-state index contributed by atoms with van der Waals surface area (Å²) < 4.78 is 0. The van der Waals surface area contributed by atoms with E-state index in [1.807, 2.05) is 55.5 Å². The highest BCUT2D eigenvalue weighted by molar-refractivity contribution is 5.90. The second-order valence-corrected chi connectivity index (χ2v) is 8.43. The Morgan fingerprint density at radius 3 is 2.49 bits per heavy atom. The molecule has 2 aromatic heterocycles. The van der Waals surface area contributed by atoms with Gasteiger partial charge in [0.05, 0.1) is 22.8 Å². The van der Waals surface area contributed by atoms with Crippen LogP contribution in [0.15, 0.2) is 60.7 Å². The quantitative estimate of drug-likeness (QED) is 0.472. The average molecular weight is 465 g/mol. The molecule has 0 bridgehead atoms. The Hall–Kier alpha value is -4.71.